The fourth-order valence-electron chi connectivity index (χ4n) is 1.36. The molecule has 4 nitrogen and oxygen atoms in total. The normalized spacial score (nSPS) is 14.2. The number of carbonyl (C=O) groups is 2. The van der Waals surface area contributed by atoms with Crippen molar-refractivity contribution in [2.24, 2.45) is 5.92 Å². The number of hydrogen-bond donors (Lipinski definition) is 4. The van der Waals surface area contributed by atoms with Crippen molar-refractivity contribution in [3.05, 3.63) is 0 Å². The minimum Gasteiger partial charge on any atom is -0.359 e. The van der Waals surface area contributed by atoms with Gasteiger partial charge in [-0.1, -0.05) is 6.92 Å². The molecule has 0 aliphatic rings. The van der Waals surface area contributed by atoms with E-state index in [1.54, 1.807) is 7.05 Å². The Labute approximate surface area is 108 Å². The molecule has 2 atom stereocenters. The van der Waals surface area contributed by atoms with Gasteiger partial charge in [-0.15, -0.1) is 0 Å². The number of thiol groups is 2. The molecular formula is C10H20N2O2S2. The molecule has 0 saturated heterocycles. The second-order valence-electron chi connectivity index (χ2n) is 3.46. The largest absolute Gasteiger partial charge is 0.359 e. The van der Waals surface area contributed by atoms with E-state index in [-0.39, 0.29) is 30.1 Å². The highest BCUT2D eigenvalue weighted by Crippen LogP contribution is 2.09. The van der Waals surface area contributed by atoms with Crippen LogP contribution in [0.15, 0.2) is 0 Å². The van der Waals surface area contributed by atoms with Crippen LogP contribution in [0.25, 0.3) is 0 Å². The quantitative estimate of drug-likeness (QED) is 0.472. The maximum atomic E-state index is 11.8. The van der Waals surface area contributed by atoms with Crippen LogP contribution < -0.4 is 10.6 Å². The van der Waals surface area contributed by atoms with Crippen molar-refractivity contribution in [1.82, 2.24) is 10.6 Å². The molecule has 0 aliphatic carbocycles. The second kappa shape index (κ2) is 8.90. The minimum absolute atomic E-state index is 0.0134. The molecule has 0 bridgehead atoms. The third-order valence-corrected chi connectivity index (χ3v) is 3.11. The third-order valence-electron chi connectivity index (χ3n) is 2.31. The number of amides is 1. The molecule has 0 fully saturated rings. The fourth-order valence-corrected chi connectivity index (χ4v) is 1.98. The molecule has 16 heavy (non-hydrogen) atoms. The van der Waals surface area contributed by atoms with Crippen molar-refractivity contribution in [2.75, 3.05) is 25.1 Å². The monoisotopic (exact) mass is 264 g/mol. The van der Waals surface area contributed by atoms with Crippen molar-refractivity contribution < 1.29 is 9.59 Å². The van der Waals surface area contributed by atoms with Crippen molar-refractivity contribution in [2.45, 2.75) is 19.4 Å². The summed E-state index contributed by atoms with van der Waals surface area (Å²) >= 11 is 8.19. The zero-order valence-corrected chi connectivity index (χ0v) is 11.5. The topological polar surface area (TPSA) is 58.2 Å². The van der Waals surface area contributed by atoms with Gasteiger partial charge >= 0.3 is 0 Å². The molecule has 6 heteroatoms. The van der Waals surface area contributed by atoms with E-state index >= 15 is 0 Å². The SMILES string of the molecule is CCN[C@H](CS)C(=O)C[C@H](CS)C(=O)NC. The summed E-state index contributed by atoms with van der Waals surface area (Å²) in [5, 5.41) is 5.57. The first-order valence-corrected chi connectivity index (χ1v) is 6.56. The first-order valence-electron chi connectivity index (χ1n) is 5.30. The molecule has 1 amide bonds. The molecule has 0 spiro atoms. The van der Waals surface area contributed by atoms with Crippen LogP contribution in [0, 0.1) is 5.92 Å². The van der Waals surface area contributed by atoms with Crippen LogP contribution in [0.5, 0.6) is 0 Å². The Morgan fingerprint density at radius 2 is 1.88 bits per heavy atom. The summed E-state index contributed by atoms with van der Waals surface area (Å²) in [6, 6.07) is -0.277. The van der Waals surface area contributed by atoms with E-state index in [9.17, 15) is 9.59 Å². The maximum absolute atomic E-state index is 11.8. The first-order chi connectivity index (χ1) is 7.60. The Balaban J connectivity index is 4.32. The lowest BCUT2D eigenvalue weighted by molar-refractivity contribution is -0.129. The van der Waals surface area contributed by atoms with Crippen molar-refractivity contribution in [3.8, 4) is 0 Å². The summed E-state index contributed by atoms with van der Waals surface area (Å²) in [7, 11) is 1.56. The smallest absolute Gasteiger partial charge is 0.224 e. The highest BCUT2D eigenvalue weighted by Gasteiger charge is 2.23. The van der Waals surface area contributed by atoms with Gasteiger partial charge in [0.05, 0.1) is 12.0 Å². The lowest BCUT2D eigenvalue weighted by atomic mass is 10.00. The molecule has 0 aromatic rings. The lowest BCUT2D eigenvalue weighted by Crippen LogP contribution is -2.41. The van der Waals surface area contributed by atoms with Crippen LogP contribution >= 0.6 is 25.3 Å². The molecule has 94 valence electrons. The molecule has 2 N–H and O–H groups in total. The lowest BCUT2D eigenvalue weighted by Gasteiger charge is -2.17. The van der Waals surface area contributed by atoms with Gasteiger partial charge in [0.1, 0.15) is 0 Å². The van der Waals surface area contributed by atoms with Gasteiger partial charge in [0.25, 0.3) is 0 Å². The fraction of sp³-hybridized carbons (Fsp3) is 0.800. The average molecular weight is 264 g/mol. The minimum atomic E-state index is -0.359. The van der Waals surface area contributed by atoms with E-state index in [1.165, 1.54) is 0 Å². The Morgan fingerprint density at radius 1 is 1.25 bits per heavy atom. The average Bonchev–Trinajstić information content (AvgIpc) is 2.31. The predicted molar refractivity (Wildman–Crippen MR) is 72.4 cm³/mol. The van der Waals surface area contributed by atoms with Crippen LogP contribution in [0.3, 0.4) is 0 Å². The van der Waals surface area contributed by atoms with Crippen LogP contribution in [0.1, 0.15) is 13.3 Å². The highest BCUT2D eigenvalue weighted by atomic mass is 32.1. The number of carbonyl (C=O) groups excluding carboxylic acids is 2. The van der Waals surface area contributed by atoms with E-state index in [4.69, 9.17) is 0 Å². The molecule has 0 unspecified atom stereocenters. The summed E-state index contributed by atoms with van der Waals surface area (Å²) in [6.45, 7) is 2.64. The molecule has 0 rings (SSSR count). The number of hydrogen-bond acceptors (Lipinski definition) is 5. The Hall–Kier alpha value is -0.200. The summed E-state index contributed by atoms with van der Waals surface area (Å²) < 4.78 is 0. The number of ketones is 1. The van der Waals surface area contributed by atoms with Crippen molar-refractivity contribution in [3.63, 3.8) is 0 Å². The summed E-state index contributed by atoms with van der Waals surface area (Å²) in [4.78, 5) is 23.2. The van der Waals surface area contributed by atoms with Gasteiger partial charge in [-0.25, -0.2) is 0 Å². The molecule has 0 heterocycles. The summed E-state index contributed by atoms with van der Waals surface area (Å²) in [5.74, 6) is 0.329. The summed E-state index contributed by atoms with van der Waals surface area (Å²) in [5.41, 5.74) is 0. The van der Waals surface area contributed by atoms with Crippen molar-refractivity contribution in [1.29, 1.82) is 0 Å². The highest BCUT2D eigenvalue weighted by molar-refractivity contribution is 7.80. The van der Waals surface area contributed by atoms with Gasteiger partial charge in [-0.05, 0) is 6.54 Å². The van der Waals surface area contributed by atoms with E-state index in [2.05, 4.69) is 35.9 Å². The van der Waals surface area contributed by atoms with Crippen LogP contribution in [-0.4, -0.2) is 42.8 Å². The van der Waals surface area contributed by atoms with Gasteiger partial charge in [0.15, 0.2) is 5.78 Å². The summed E-state index contributed by atoms with van der Waals surface area (Å²) in [6.07, 6.45) is 0.210. The number of likely N-dealkylation sites (N-methyl/N-ethyl adjacent to an activating group) is 1. The predicted octanol–water partition coefficient (Wildman–Crippen LogP) is 0.146. The second-order valence-corrected chi connectivity index (χ2v) is 4.19. The van der Waals surface area contributed by atoms with E-state index in [1.807, 2.05) is 6.92 Å². The zero-order chi connectivity index (χ0) is 12.6. The molecule has 0 radical (unpaired) electrons. The van der Waals surface area contributed by atoms with Gasteiger partial charge in [0.2, 0.25) is 5.91 Å². The van der Waals surface area contributed by atoms with E-state index in [0.717, 1.165) is 0 Å². The van der Waals surface area contributed by atoms with Gasteiger partial charge in [-0.2, -0.15) is 25.3 Å². The maximum Gasteiger partial charge on any atom is 0.224 e. The zero-order valence-electron chi connectivity index (χ0n) is 9.69. The molecule has 0 aromatic carbocycles. The number of Topliss-reactive ketones (excluding diaryl/α,β-unsaturated/α-hetero) is 1. The van der Waals surface area contributed by atoms with Crippen molar-refractivity contribution >= 4 is 36.9 Å². The van der Waals surface area contributed by atoms with Crippen LogP contribution in [-0.2, 0) is 9.59 Å². The molecule has 0 aromatic heterocycles. The number of rotatable bonds is 8. The third kappa shape index (κ3) is 5.23. The standard InChI is InChI=1S/C10H20N2O2S2/c1-3-12-8(6-16)9(13)4-7(5-15)10(14)11-2/h7-8,12,15-16H,3-6H2,1-2H3,(H,11,14)/t7-,8-/m1/s1. The Bertz CT molecular complexity index is 237. The van der Waals surface area contributed by atoms with Crippen LogP contribution in [0.2, 0.25) is 0 Å². The van der Waals surface area contributed by atoms with E-state index in [0.29, 0.717) is 18.1 Å². The number of nitrogens with one attached hydrogen (secondary N) is 2. The first kappa shape index (κ1) is 15.8. The Morgan fingerprint density at radius 3 is 2.25 bits per heavy atom. The van der Waals surface area contributed by atoms with E-state index < -0.39 is 0 Å². The van der Waals surface area contributed by atoms with Gasteiger partial charge in [0, 0.05) is 25.0 Å². The van der Waals surface area contributed by atoms with Crippen LogP contribution in [0.4, 0.5) is 0 Å². The Kier molecular flexibility index (Phi) is 8.78. The molecule has 0 saturated carbocycles. The molecule has 0 aliphatic heterocycles. The van der Waals surface area contributed by atoms with Gasteiger partial charge < -0.3 is 10.6 Å². The van der Waals surface area contributed by atoms with Gasteiger partial charge in [-0.3, -0.25) is 9.59 Å². The molecular weight excluding hydrogens is 244 g/mol.